The molecule has 124 valence electrons. The lowest BCUT2D eigenvalue weighted by molar-refractivity contribution is 0.267. The third-order valence-corrected chi connectivity index (χ3v) is 4.75. The Labute approximate surface area is 134 Å². The fourth-order valence-electron chi connectivity index (χ4n) is 2.14. The molecule has 2 aromatic carbocycles. The molecule has 0 saturated heterocycles. The van der Waals surface area contributed by atoms with Gasteiger partial charge in [0.1, 0.15) is 11.6 Å². The third kappa shape index (κ3) is 4.00. The Morgan fingerprint density at radius 3 is 2.61 bits per heavy atom. The molecule has 0 atom stereocenters. The maximum Gasteiger partial charge on any atom is 0.262 e. The topological polar surface area (TPSA) is 75.6 Å². The van der Waals surface area contributed by atoms with Crippen molar-refractivity contribution in [1.82, 2.24) is 0 Å². The van der Waals surface area contributed by atoms with Crippen LogP contribution in [0.4, 0.5) is 10.1 Å². The molecule has 2 rings (SSSR count). The van der Waals surface area contributed by atoms with Gasteiger partial charge in [-0.2, -0.15) is 0 Å². The first kappa shape index (κ1) is 17.2. The summed E-state index contributed by atoms with van der Waals surface area (Å²) < 4.78 is 45.9. The van der Waals surface area contributed by atoms with Crippen LogP contribution in [0.3, 0.4) is 0 Å². The van der Waals surface area contributed by atoms with E-state index in [0.717, 1.165) is 6.07 Å². The summed E-state index contributed by atoms with van der Waals surface area (Å²) in [6.45, 7) is 3.54. The molecule has 0 bridgehead atoms. The van der Waals surface area contributed by atoms with E-state index in [0.29, 0.717) is 23.5 Å². The van der Waals surface area contributed by atoms with Crippen molar-refractivity contribution in [3.05, 3.63) is 53.3 Å². The molecule has 0 aromatic heterocycles. The van der Waals surface area contributed by atoms with E-state index in [4.69, 9.17) is 4.74 Å². The van der Waals surface area contributed by atoms with Gasteiger partial charge in [0.15, 0.2) is 0 Å². The van der Waals surface area contributed by atoms with E-state index < -0.39 is 15.8 Å². The Hall–Kier alpha value is -2.12. The Kier molecular flexibility index (Phi) is 5.23. The molecular formula is C16H18FNO4S. The summed E-state index contributed by atoms with van der Waals surface area (Å²) in [5.74, 6) is -0.140. The van der Waals surface area contributed by atoms with Crippen LogP contribution in [-0.4, -0.2) is 20.1 Å². The Morgan fingerprint density at radius 1 is 1.22 bits per heavy atom. The zero-order valence-electron chi connectivity index (χ0n) is 12.8. The van der Waals surface area contributed by atoms with Crippen LogP contribution in [0.5, 0.6) is 5.75 Å². The van der Waals surface area contributed by atoms with Crippen LogP contribution < -0.4 is 9.46 Å². The van der Waals surface area contributed by atoms with Gasteiger partial charge in [-0.05, 0) is 49.7 Å². The lowest BCUT2D eigenvalue weighted by Crippen LogP contribution is -2.15. The maximum absolute atomic E-state index is 13.3. The molecule has 0 aliphatic heterocycles. The van der Waals surface area contributed by atoms with Crippen molar-refractivity contribution in [3.63, 3.8) is 0 Å². The van der Waals surface area contributed by atoms with Crippen LogP contribution in [0, 0.1) is 12.7 Å². The number of benzene rings is 2. The number of aliphatic hydroxyl groups is 1. The molecular weight excluding hydrogens is 321 g/mol. The molecule has 0 aliphatic carbocycles. The second kappa shape index (κ2) is 6.97. The van der Waals surface area contributed by atoms with Crippen molar-refractivity contribution in [2.45, 2.75) is 25.3 Å². The highest BCUT2D eigenvalue weighted by Gasteiger charge is 2.18. The van der Waals surface area contributed by atoms with E-state index in [-0.39, 0.29) is 17.2 Å². The van der Waals surface area contributed by atoms with Crippen LogP contribution in [0.15, 0.2) is 41.3 Å². The van der Waals surface area contributed by atoms with Crippen molar-refractivity contribution >= 4 is 15.7 Å². The number of aryl methyl sites for hydroxylation is 1. The number of anilines is 1. The quantitative estimate of drug-likeness (QED) is 0.848. The summed E-state index contributed by atoms with van der Waals surface area (Å²) in [4.78, 5) is -0.128. The maximum atomic E-state index is 13.3. The van der Waals surface area contributed by atoms with Gasteiger partial charge < -0.3 is 9.84 Å². The second-order valence-corrected chi connectivity index (χ2v) is 6.58. The number of hydrogen-bond donors (Lipinski definition) is 2. The van der Waals surface area contributed by atoms with Crippen LogP contribution in [0.25, 0.3) is 0 Å². The summed E-state index contributed by atoms with van der Waals surface area (Å²) in [6.07, 6.45) is 0. The molecule has 23 heavy (non-hydrogen) atoms. The van der Waals surface area contributed by atoms with Crippen molar-refractivity contribution < 1.29 is 22.7 Å². The zero-order chi connectivity index (χ0) is 17.0. The number of hydrogen-bond acceptors (Lipinski definition) is 4. The summed E-state index contributed by atoms with van der Waals surface area (Å²) in [5.41, 5.74) is 1.16. The zero-order valence-corrected chi connectivity index (χ0v) is 13.7. The number of nitrogens with one attached hydrogen (secondary N) is 1. The minimum absolute atomic E-state index is 0.128. The Bertz CT molecular complexity index is 806. The number of aliphatic hydroxyl groups excluding tert-OH is 1. The predicted molar refractivity (Wildman–Crippen MR) is 85.5 cm³/mol. The molecule has 0 heterocycles. The van der Waals surface area contributed by atoms with Gasteiger partial charge in [-0.25, -0.2) is 12.8 Å². The number of halogens is 1. The average Bonchev–Trinajstić information content (AvgIpc) is 2.51. The molecule has 0 saturated carbocycles. The van der Waals surface area contributed by atoms with Gasteiger partial charge in [0.05, 0.1) is 18.1 Å². The van der Waals surface area contributed by atoms with Gasteiger partial charge in [0, 0.05) is 11.3 Å². The molecule has 0 spiro atoms. The van der Waals surface area contributed by atoms with Gasteiger partial charge in [-0.1, -0.05) is 6.07 Å². The smallest absolute Gasteiger partial charge is 0.262 e. The molecule has 2 aromatic rings. The molecule has 7 heteroatoms. The van der Waals surface area contributed by atoms with Crippen molar-refractivity contribution in [1.29, 1.82) is 0 Å². The Balaban J connectivity index is 2.35. The van der Waals surface area contributed by atoms with Crippen molar-refractivity contribution in [2.24, 2.45) is 0 Å². The van der Waals surface area contributed by atoms with Crippen LogP contribution >= 0.6 is 0 Å². The highest BCUT2D eigenvalue weighted by atomic mass is 32.2. The standard InChI is InChI=1S/C16H18FNO4S/c1-3-22-15-7-6-14(8-12(15)10-19)18-23(20,21)16-9-13(17)5-4-11(16)2/h4-9,18-19H,3,10H2,1-2H3. The van der Waals surface area contributed by atoms with Crippen molar-refractivity contribution in [3.8, 4) is 5.75 Å². The fraction of sp³-hybridized carbons (Fsp3) is 0.250. The monoisotopic (exact) mass is 339 g/mol. The van der Waals surface area contributed by atoms with Crippen LogP contribution in [0.1, 0.15) is 18.1 Å². The van der Waals surface area contributed by atoms with E-state index in [1.165, 1.54) is 24.3 Å². The van der Waals surface area contributed by atoms with Gasteiger partial charge in [0.2, 0.25) is 0 Å². The lowest BCUT2D eigenvalue weighted by atomic mass is 10.2. The summed E-state index contributed by atoms with van der Waals surface area (Å²) in [7, 11) is -3.93. The average molecular weight is 339 g/mol. The van der Waals surface area contributed by atoms with E-state index in [9.17, 15) is 17.9 Å². The molecule has 0 amide bonds. The van der Waals surface area contributed by atoms with Gasteiger partial charge >= 0.3 is 0 Å². The first-order valence-electron chi connectivity index (χ1n) is 7.03. The van der Waals surface area contributed by atoms with E-state index in [1.54, 1.807) is 13.0 Å². The molecule has 0 unspecified atom stereocenters. The molecule has 0 aliphatic rings. The minimum atomic E-state index is -3.93. The largest absolute Gasteiger partial charge is 0.494 e. The minimum Gasteiger partial charge on any atom is -0.494 e. The Morgan fingerprint density at radius 2 is 1.96 bits per heavy atom. The molecule has 0 fully saturated rings. The highest BCUT2D eigenvalue weighted by Crippen LogP contribution is 2.26. The summed E-state index contributed by atoms with van der Waals surface area (Å²) in [6, 6.07) is 8.16. The first-order chi connectivity index (χ1) is 10.9. The normalized spacial score (nSPS) is 11.3. The third-order valence-electron chi connectivity index (χ3n) is 3.22. The van der Waals surface area contributed by atoms with Gasteiger partial charge in [-0.15, -0.1) is 0 Å². The molecule has 5 nitrogen and oxygen atoms in total. The van der Waals surface area contributed by atoms with Gasteiger partial charge in [0.25, 0.3) is 10.0 Å². The first-order valence-corrected chi connectivity index (χ1v) is 8.51. The number of rotatable bonds is 6. The number of ether oxygens (including phenoxy) is 1. The van der Waals surface area contributed by atoms with E-state index in [2.05, 4.69) is 4.72 Å². The lowest BCUT2D eigenvalue weighted by Gasteiger charge is -2.13. The van der Waals surface area contributed by atoms with E-state index in [1.807, 2.05) is 6.92 Å². The molecule has 0 radical (unpaired) electrons. The fourth-order valence-corrected chi connectivity index (χ4v) is 3.44. The highest BCUT2D eigenvalue weighted by molar-refractivity contribution is 7.92. The van der Waals surface area contributed by atoms with Crippen LogP contribution in [-0.2, 0) is 16.6 Å². The van der Waals surface area contributed by atoms with Crippen molar-refractivity contribution in [2.75, 3.05) is 11.3 Å². The van der Waals surface area contributed by atoms with Crippen LogP contribution in [0.2, 0.25) is 0 Å². The van der Waals surface area contributed by atoms with Gasteiger partial charge in [-0.3, -0.25) is 4.72 Å². The predicted octanol–water partition coefficient (Wildman–Crippen LogP) is 2.83. The second-order valence-electron chi connectivity index (χ2n) is 4.93. The summed E-state index contributed by atoms with van der Waals surface area (Å²) >= 11 is 0. The number of sulfonamides is 1. The van der Waals surface area contributed by atoms with E-state index >= 15 is 0 Å². The SMILES string of the molecule is CCOc1ccc(NS(=O)(=O)c2cc(F)ccc2C)cc1CO. The summed E-state index contributed by atoms with van der Waals surface area (Å²) in [5, 5.41) is 9.36. The molecule has 2 N–H and O–H groups in total.